The molecule has 3 rings (SSSR count). The average Bonchev–Trinajstić information content (AvgIpc) is 2.59. The number of urea groups is 1. The maximum Gasteiger partial charge on any atom is 0.317 e. The molecule has 0 bridgehead atoms. The Balaban J connectivity index is 1.58. The van der Waals surface area contributed by atoms with E-state index in [1.165, 1.54) is 5.56 Å². The molecular formula is C20H30N2O3. The van der Waals surface area contributed by atoms with Crippen molar-refractivity contribution in [2.75, 3.05) is 26.2 Å². The molecule has 138 valence electrons. The Bertz CT molecular complexity index is 576. The molecule has 0 aliphatic carbocycles. The highest BCUT2D eigenvalue weighted by Crippen LogP contribution is 2.33. The molecule has 1 aromatic rings. The fourth-order valence-corrected chi connectivity index (χ4v) is 4.00. The lowest BCUT2D eigenvalue weighted by molar-refractivity contribution is -0.117. The third kappa shape index (κ3) is 4.73. The number of benzene rings is 1. The highest BCUT2D eigenvalue weighted by Gasteiger charge is 2.34. The van der Waals surface area contributed by atoms with Crippen LogP contribution in [-0.4, -0.2) is 48.9 Å². The maximum atomic E-state index is 12.6. The molecule has 5 heteroatoms. The summed E-state index contributed by atoms with van der Waals surface area (Å²) in [5.74, 6) is 0.312. The van der Waals surface area contributed by atoms with Crippen LogP contribution >= 0.6 is 0 Å². The quantitative estimate of drug-likeness (QED) is 0.913. The van der Waals surface area contributed by atoms with Crippen LogP contribution in [0.15, 0.2) is 30.3 Å². The lowest BCUT2D eigenvalue weighted by atomic mass is 9.89. The van der Waals surface area contributed by atoms with Gasteiger partial charge in [-0.05, 0) is 39.2 Å². The summed E-state index contributed by atoms with van der Waals surface area (Å²) >= 11 is 0. The molecule has 5 nitrogen and oxygen atoms in total. The fourth-order valence-electron chi connectivity index (χ4n) is 4.00. The molecule has 0 spiro atoms. The van der Waals surface area contributed by atoms with Crippen LogP contribution in [0.3, 0.4) is 0 Å². The minimum absolute atomic E-state index is 0.000565. The lowest BCUT2D eigenvalue weighted by Crippen LogP contribution is -2.56. The van der Waals surface area contributed by atoms with Gasteiger partial charge in [-0.25, -0.2) is 4.79 Å². The summed E-state index contributed by atoms with van der Waals surface area (Å²) in [5, 5.41) is 3.13. The van der Waals surface area contributed by atoms with E-state index in [1.807, 2.05) is 43.9 Å². The standard InChI is InChI=1S/C20H30N2O3/c1-15-13-22(14-20(2,3)25-15)19(23)21-12-17-10-7-11-24-18(17)16-8-5-4-6-9-16/h4-6,8-9,15,17-18H,7,10-14H2,1-3H3,(H,21,23). The van der Waals surface area contributed by atoms with Gasteiger partial charge in [0, 0.05) is 25.6 Å². The molecule has 3 unspecified atom stereocenters. The number of ether oxygens (including phenoxy) is 2. The molecule has 2 aliphatic rings. The van der Waals surface area contributed by atoms with E-state index < -0.39 is 0 Å². The second kappa shape index (κ2) is 7.75. The Morgan fingerprint density at radius 2 is 2.08 bits per heavy atom. The molecule has 1 aromatic carbocycles. The van der Waals surface area contributed by atoms with Gasteiger partial charge in [0.25, 0.3) is 0 Å². The number of carbonyl (C=O) groups is 1. The zero-order valence-electron chi connectivity index (χ0n) is 15.5. The van der Waals surface area contributed by atoms with Crippen molar-refractivity contribution in [3.05, 3.63) is 35.9 Å². The summed E-state index contributed by atoms with van der Waals surface area (Å²) in [6, 6.07) is 10.3. The van der Waals surface area contributed by atoms with Gasteiger partial charge in [-0.3, -0.25) is 0 Å². The van der Waals surface area contributed by atoms with E-state index >= 15 is 0 Å². The molecular weight excluding hydrogens is 316 g/mol. The number of nitrogens with zero attached hydrogens (tertiary/aromatic N) is 1. The number of nitrogens with one attached hydrogen (secondary N) is 1. The number of hydrogen-bond donors (Lipinski definition) is 1. The van der Waals surface area contributed by atoms with Gasteiger partial charge in [0.05, 0.1) is 24.4 Å². The average molecular weight is 346 g/mol. The monoisotopic (exact) mass is 346 g/mol. The van der Waals surface area contributed by atoms with Crippen LogP contribution in [0.2, 0.25) is 0 Å². The number of amides is 2. The molecule has 2 aliphatic heterocycles. The van der Waals surface area contributed by atoms with E-state index in [2.05, 4.69) is 17.4 Å². The van der Waals surface area contributed by atoms with Gasteiger partial charge >= 0.3 is 6.03 Å². The van der Waals surface area contributed by atoms with Crippen LogP contribution in [0, 0.1) is 5.92 Å². The van der Waals surface area contributed by atoms with Crippen molar-refractivity contribution in [3.8, 4) is 0 Å². The van der Waals surface area contributed by atoms with Gasteiger partial charge < -0.3 is 19.7 Å². The first-order valence-electron chi connectivity index (χ1n) is 9.32. The Morgan fingerprint density at radius 3 is 2.80 bits per heavy atom. The smallest absolute Gasteiger partial charge is 0.317 e. The summed E-state index contributed by atoms with van der Waals surface area (Å²) in [7, 11) is 0. The summed E-state index contributed by atoms with van der Waals surface area (Å²) < 4.78 is 11.9. The van der Waals surface area contributed by atoms with Crippen LogP contribution in [0.5, 0.6) is 0 Å². The van der Waals surface area contributed by atoms with Gasteiger partial charge in [0.2, 0.25) is 0 Å². The molecule has 0 aromatic heterocycles. The van der Waals surface area contributed by atoms with E-state index in [4.69, 9.17) is 9.47 Å². The molecule has 0 radical (unpaired) electrons. The van der Waals surface area contributed by atoms with Crippen molar-refractivity contribution in [3.63, 3.8) is 0 Å². The summed E-state index contributed by atoms with van der Waals surface area (Å²) in [4.78, 5) is 14.5. The van der Waals surface area contributed by atoms with Crippen molar-refractivity contribution >= 4 is 6.03 Å². The van der Waals surface area contributed by atoms with Crippen LogP contribution < -0.4 is 5.32 Å². The van der Waals surface area contributed by atoms with Gasteiger partial charge in [-0.1, -0.05) is 30.3 Å². The van der Waals surface area contributed by atoms with Crippen molar-refractivity contribution in [1.29, 1.82) is 0 Å². The van der Waals surface area contributed by atoms with Gasteiger partial charge in [-0.15, -0.1) is 0 Å². The van der Waals surface area contributed by atoms with E-state index in [1.54, 1.807) is 0 Å². The highest BCUT2D eigenvalue weighted by atomic mass is 16.5. The zero-order chi connectivity index (χ0) is 17.9. The van der Waals surface area contributed by atoms with Crippen molar-refractivity contribution in [1.82, 2.24) is 10.2 Å². The first kappa shape index (κ1) is 18.2. The second-order valence-corrected chi connectivity index (χ2v) is 7.86. The highest BCUT2D eigenvalue weighted by molar-refractivity contribution is 5.74. The molecule has 0 saturated carbocycles. The predicted octanol–water partition coefficient (Wildman–Crippen LogP) is 3.36. The Kier molecular flexibility index (Phi) is 5.64. The minimum atomic E-state index is -0.296. The Hall–Kier alpha value is -1.59. The van der Waals surface area contributed by atoms with Crippen LogP contribution in [0.25, 0.3) is 0 Å². The minimum Gasteiger partial charge on any atom is -0.373 e. The van der Waals surface area contributed by atoms with Crippen molar-refractivity contribution in [2.45, 2.75) is 51.4 Å². The number of hydrogen-bond acceptors (Lipinski definition) is 3. The second-order valence-electron chi connectivity index (χ2n) is 7.86. The molecule has 2 fully saturated rings. The largest absolute Gasteiger partial charge is 0.373 e. The Morgan fingerprint density at radius 1 is 1.32 bits per heavy atom. The molecule has 2 saturated heterocycles. The first-order chi connectivity index (χ1) is 11.9. The summed E-state index contributed by atoms with van der Waals surface area (Å²) in [5.41, 5.74) is 0.901. The summed E-state index contributed by atoms with van der Waals surface area (Å²) in [6.07, 6.45) is 2.25. The van der Waals surface area contributed by atoms with E-state index in [0.29, 0.717) is 25.6 Å². The third-order valence-electron chi connectivity index (χ3n) is 4.94. The zero-order valence-corrected chi connectivity index (χ0v) is 15.5. The topological polar surface area (TPSA) is 50.8 Å². The van der Waals surface area contributed by atoms with Crippen LogP contribution in [-0.2, 0) is 9.47 Å². The normalized spacial score (nSPS) is 29.2. The third-order valence-corrected chi connectivity index (χ3v) is 4.94. The number of carbonyl (C=O) groups excluding carboxylic acids is 1. The van der Waals surface area contributed by atoms with Crippen LogP contribution in [0.1, 0.15) is 45.3 Å². The van der Waals surface area contributed by atoms with Crippen LogP contribution in [0.4, 0.5) is 4.79 Å². The number of rotatable bonds is 3. The number of morpholine rings is 1. The SMILES string of the molecule is CC1CN(C(=O)NCC2CCCOC2c2ccccc2)CC(C)(C)O1. The van der Waals surface area contributed by atoms with Crippen molar-refractivity contribution in [2.24, 2.45) is 5.92 Å². The molecule has 3 atom stereocenters. The molecule has 2 heterocycles. The molecule has 1 N–H and O–H groups in total. The predicted molar refractivity (Wildman–Crippen MR) is 97.5 cm³/mol. The summed E-state index contributed by atoms with van der Waals surface area (Å²) in [6.45, 7) is 8.77. The van der Waals surface area contributed by atoms with Crippen molar-refractivity contribution < 1.29 is 14.3 Å². The van der Waals surface area contributed by atoms with Gasteiger partial charge in [0.1, 0.15) is 0 Å². The van der Waals surface area contributed by atoms with E-state index in [-0.39, 0.29) is 23.8 Å². The van der Waals surface area contributed by atoms with E-state index in [9.17, 15) is 4.79 Å². The fraction of sp³-hybridized carbons (Fsp3) is 0.650. The molecule has 2 amide bonds. The maximum absolute atomic E-state index is 12.6. The van der Waals surface area contributed by atoms with Gasteiger partial charge in [-0.2, -0.15) is 0 Å². The van der Waals surface area contributed by atoms with Gasteiger partial charge in [0.15, 0.2) is 0 Å². The Labute approximate surface area is 150 Å². The lowest BCUT2D eigenvalue weighted by Gasteiger charge is -2.42. The molecule has 25 heavy (non-hydrogen) atoms. The first-order valence-corrected chi connectivity index (χ1v) is 9.32. The van der Waals surface area contributed by atoms with E-state index in [0.717, 1.165) is 19.4 Å².